The Morgan fingerprint density at radius 3 is 2.96 bits per heavy atom. The van der Waals surface area contributed by atoms with Gasteiger partial charge in [-0.3, -0.25) is 0 Å². The van der Waals surface area contributed by atoms with Crippen molar-refractivity contribution >= 4 is 23.3 Å². The molecule has 2 aromatic rings. The van der Waals surface area contributed by atoms with Crippen molar-refractivity contribution in [2.24, 2.45) is 0 Å². The highest BCUT2D eigenvalue weighted by molar-refractivity contribution is 6.31. The van der Waals surface area contributed by atoms with Gasteiger partial charge in [-0.15, -0.1) is 0 Å². The summed E-state index contributed by atoms with van der Waals surface area (Å²) in [5.41, 5.74) is 1.50. The number of hydrogen-bond acceptors (Lipinski definition) is 3. The minimum Gasteiger partial charge on any atom is -0.495 e. The summed E-state index contributed by atoms with van der Waals surface area (Å²) in [5, 5.41) is 6.27. The van der Waals surface area contributed by atoms with Gasteiger partial charge in [-0.1, -0.05) is 29.8 Å². The number of benzene rings is 2. The molecule has 0 radical (unpaired) electrons. The van der Waals surface area contributed by atoms with Crippen LogP contribution in [-0.4, -0.2) is 19.7 Å². The van der Waals surface area contributed by atoms with Crippen LogP contribution < -0.4 is 20.1 Å². The molecule has 0 saturated heterocycles. The number of fused-ring (bicyclic) bond motifs is 1. The number of carbonyl (C=O) groups is 1. The molecule has 0 saturated carbocycles. The molecule has 1 unspecified atom stereocenters. The molecule has 2 aromatic carbocycles. The number of nitrogens with one attached hydrogen (secondary N) is 2. The van der Waals surface area contributed by atoms with E-state index in [9.17, 15) is 4.79 Å². The van der Waals surface area contributed by atoms with E-state index in [1.165, 1.54) is 0 Å². The van der Waals surface area contributed by atoms with Gasteiger partial charge in [0.2, 0.25) is 0 Å². The zero-order valence-corrected chi connectivity index (χ0v) is 13.4. The molecule has 0 aliphatic carbocycles. The Morgan fingerprint density at radius 1 is 1.30 bits per heavy atom. The Hall–Kier alpha value is -2.40. The topological polar surface area (TPSA) is 59.6 Å². The fourth-order valence-corrected chi connectivity index (χ4v) is 2.76. The van der Waals surface area contributed by atoms with Gasteiger partial charge in [0.15, 0.2) is 0 Å². The van der Waals surface area contributed by atoms with Crippen LogP contribution in [0.4, 0.5) is 10.5 Å². The van der Waals surface area contributed by atoms with E-state index >= 15 is 0 Å². The highest BCUT2D eigenvalue weighted by atomic mass is 35.5. The van der Waals surface area contributed by atoms with E-state index in [4.69, 9.17) is 21.1 Å². The second-order valence-corrected chi connectivity index (χ2v) is 5.61. The van der Waals surface area contributed by atoms with Crippen molar-refractivity contribution in [1.29, 1.82) is 0 Å². The summed E-state index contributed by atoms with van der Waals surface area (Å²) >= 11 is 5.97. The van der Waals surface area contributed by atoms with Gasteiger partial charge < -0.3 is 20.1 Å². The molecule has 2 N–H and O–H groups in total. The molecular formula is C17H17ClN2O3. The van der Waals surface area contributed by atoms with Crippen molar-refractivity contribution < 1.29 is 14.3 Å². The van der Waals surface area contributed by atoms with E-state index in [2.05, 4.69) is 10.6 Å². The number of carbonyl (C=O) groups excluding carboxylic acids is 1. The van der Waals surface area contributed by atoms with Crippen LogP contribution in [0.25, 0.3) is 0 Å². The van der Waals surface area contributed by atoms with Gasteiger partial charge in [-0.2, -0.15) is 0 Å². The third-order valence-electron chi connectivity index (χ3n) is 3.67. The quantitative estimate of drug-likeness (QED) is 0.893. The Kier molecular flexibility index (Phi) is 4.57. The van der Waals surface area contributed by atoms with Crippen molar-refractivity contribution in [3.8, 4) is 11.5 Å². The molecule has 3 rings (SSSR count). The largest absolute Gasteiger partial charge is 0.495 e. The molecule has 1 aliphatic rings. The normalized spacial score (nSPS) is 16.0. The fraction of sp³-hybridized carbons (Fsp3) is 0.235. The van der Waals surface area contributed by atoms with E-state index in [0.717, 1.165) is 17.7 Å². The van der Waals surface area contributed by atoms with Gasteiger partial charge >= 0.3 is 6.03 Å². The highest BCUT2D eigenvalue weighted by Crippen LogP contribution is 2.32. The number of halogens is 1. The second-order valence-electron chi connectivity index (χ2n) is 5.17. The molecule has 1 heterocycles. The maximum absolute atomic E-state index is 12.3. The van der Waals surface area contributed by atoms with Crippen LogP contribution in [0.15, 0.2) is 42.5 Å². The van der Waals surface area contributed by atoms with E-state index in [1.54, 1.807) is 25.3 Å². The maximum Gasteiger partial charge on any atom is 0.319 e. The molecule has 0 bridgehead atoms. The molecule has 120 valence electrons. The predicted molar refractivity (Wildman–Crippen MR) is 89.5 cm³/mol. The standard InChI is InChI=1S/C17H17ClN2O3/c1-22-16-7-6-11(18)10-14(16)20-17(21)19-13-8-9-23-15-5-3-2-4-12(13)15/h2-7,10,13H,8-9H2,1H3,(H2,19,20,21). The molecule has 0 fully saturated rings. The monoisotopic (exact) mass is 332 g/mol. The maximum atomic E-state index is 12.3. The number of para-hydroxylation sites is 1. The van der Waals surface area contributed by atoms with Gasteiger partial charge in [-0.05, 0) is 24.3 Å². The Balaban J connectivity index is 1.73. The highest BCUT2D eigenvalue weighted by Gasteiger charge is 2.22. The van der Waals surface area contributed by atoms with E-state index in [1.807, 2.05) is 24.3 Å². The van der Waals surface area contributed by atoms with Crippen LogP contribution in [0.3, 0.4) is 0 Å². The van der Waals surface area contributed by atoms with Gasteiger partial charge in [0.1, 0.15) is 11.5 Å². The smallest absolute Gasteiger partial charge is 0.319 e. The summed E-state index contributed by atoms with van der Waals surface area (Å²) in [6.45, 7) is 0.572. The zero-order chi connectivity index (χ0) is 16.2. The van der Waals surface area contributed by atoms with Gasteiger partial charge in [0.25, 0.3) is 0 Å². The van der Waals surface area contributed by atoms with Crippen LogP contribution in [0, 0.1) is 0 Å². The first kappa shape index (κ1) is 15.5. The number of anilines is 1. The Morgan fingerprint density at radius 2 is 2.13 bits per heavy atom. The van der Waals surface area contributed by atoms with Crippen LogP contribution in [0.1, 0.15) is 18.0 Å². The summed E-state index contributed by atoms with van der Waals surface area (Å²) < 4.78 is 10.8. The van der Waals surface area contributed by atoms with E-state index < -0.39 is 0 Å². The van der Waals surface area contributed by atoms with Crippen molar-refractivity contribution in [3.63, 3.8) is 0 Å². The summed E-state index contributed by atoms with van der Waals surface area (Å²) in [6.07, 6.45) is 0.719. The zero-order valence-electron chi connectivity index (χ0n) is 12.6. The number of urea groups is 1. The van der Waals surface area contributed by atoms with Crippen molar-refractivity contribution in [3.05, 3.63) is 53.1 Å². The molecule has 5 nitrogen and oxygen atoms in total. The number of hydrogen-bond donors (Lipinski definition) is 2. The fourth-order valence-electron chi connectivity index (χ4n) is 2.59. The summed E-state index contributed by atoms with van der Waals surface area (Å²) in [6, 6.07) is 12.4. The van der Waals surface area contributed by atoms with Crippen LogP contribution in [-0.2, 0) is 0 Å². The number of amides is 2. The lowest BCUT2D eigenvalue weighted by Crippen LogP contribution is -2.35. The number of methoxy groups -OCH3 is 1. The lowest BCUT2D eigenvalue weighted by molar-refractivity contribution is 0.232. The number of rotatable bonds is 3. The summed E-state index contributed by atoms with van der Waals surface area (Å²) in [5.74, 6) is 1.36. The third-order valence-corrected chi connectivity index (χ3v) is 3.91. The predicted octanol–water partition coefficient (Wildman–Crippen LogP) is 3.99. The molecular weight excluding hydrogens is 316 g/mol. The van der Waals surface area contributed by atoms with E-state index in [-0.39, 0.29) is 12.1 Å². The summed E-state index contributed by atoms with van der Waals surface area (Å²) in [4.78, 5) is 12.3. The molecule has 0 spiro atoms. The molecule has 0 aromatic heterocycles. The minimum absolute atomic E-state index is 0.0925. The van der Waals surface area contributed by atoms with Crippen LogP contribution in [0.5, 0.6) is 11.5 Å². The Labute approximate surface area is 139 Å². The molecule has 1 aliphatic heterocycles. The van der Waals surface area contributed by atoms with Gasteiger partial charge in [0.05, 0.1) is 25.4 Å². The third kappa shape index (κ3) is 3.51. The van der Waals surface area contributed by atoms with Crippen molar-refractivity contribution in [1.82, 2.24) is 5.32 Å². The molecule has 23 heavy (non-hydrogen) atoms. The first-order valence-electron chi connectivity index (χ1n) is 7.30. The number of ether oxygens (including phenoxy) is 2. The SMILES string of the molecule is COc1ccc(Cl)cc1NC(=O)NC1CCOc2ccccc21. The second kappa shape index (κ2) is 6.79. The van der Waals surface area contributed by atoms with E-state index in [0.29, 0.717) is 23.1 Å². The summed E-state index contributed by atoms with van der Waals surface area (Å²) in [7, 11) is 1.54. The lowest BCUT2D eigenvalue weighted by Gasteiger charge is -2.26. The molecule has 1 atom stereocenters. The lowest BCUT2D eigenvalue weighted by atomic mass is 10.0. The Bertz CT molecular complexity index is 721. The average Bonchev–Trinajstić information content (AvgIpc) is 2.55. The van der Waals surface area contributed by atoms with Crippen molar-refractivity contribution in [2.45, 2.75) is 12.5 Å². The molecule has 6 heteroatoms. The van der Waals surface area contributed by atoms with Gasteiger partial charge in [-0.25, -0.2) is 4.79 Å². The van der Waals surface area contributed by atoms with Gasteiger partial charge in [0, 0.05) is 17.0 Å². The van der Waals surface area contributed by atoms with Crippen molar-refractivity contribution in [2.75, 3.05) is 19.0 Å². The van der Waals surface area contributed by atoms with Crippen LogP contribution >= 0.6 is 11.6 Å². The first-order chi connectivity index (χ1) is 11.2. The van der Waals surface area contributed by atoms with Crippen LogP contribution in [0.2, 0.25) is 5.02 Å². The first-order valence-corrected chi connectivity index (χ1v) is 7.68. The minimum atomic E-state index is -0.313. The molecule has 2 amide bonds. The average molecular weight is 333 g/mol.